The molecule has 3 nitrogen and oxygen atoms in total. The van der Waals surface area contributed by atoms with Crippen LogP contribution in [-0.2, 0) is 5.88 Å². The summed E-state index contributed by atoms with van der Waals surface area (Å²) >= 11 is 6.09. The second kappa shape index (κ2) is 5.78. The summed E-state index contributed by atoms with van der Waals surface area (Å²) in [5.74, 6) is 2.06. The Labute approximate surface area is 129 Å². The highest BCUT2D eigenvalue weighted by molar-refractivity contribution is 6.17. The molecule has 3 aromatic rings. The predicted octanol–water partition coefficient (Wildman–Crippen LogP) is 4.47. The van der Waals surface area contributed by atoms with Gasteiger partial charge >= 0.3 is 0 Å². The molecule has 0 atom stereocenters. The highest BCUT2D eigenvalue weighted by Gasteiger charge is 2.13. The van der Waals surface area contributed by atoms with Gasteiger partial charge in [0.2, 0.25) is 0 Å². The van der Waals surface area contributed by atoms with Gasteiger partial charge in [0.15, 0.2) is 0 Å². The number of halogens is 1. The van der Waals surface area contributed by atoms with Crippen LogP contribution in [0.3, 0.4) is 0 Å². The van der Waals surface area contributed by atoms with Gasteiger partial charge in [0, 0.05) is 6.07 Å². The molecule has 21 heavy (non-hydrogen) atoms. The molecule has 4 heteroatoms. The maximum atomic E-state index is 6.09. The summed E-state index contributed by atoms with van der Waals surface area (Å²) in [6.45, 7) is 4.72. The van der Waals surface area contributed by atoms with Crippen LogP contribution in [0.4, 0.5) is 0 Å². The topological polar surface area (TPSA) is 27.1 Å². The number of nitrogens with zero attached hydrogens (tertiary/aromatic N) is 2. The van der Waals surface area contributed by atoms with E-state index in [2.05, 4.69) is 22.5 Å². The van der Waals surface area contributed by atoms with Gasteiger partial charge in [0.1, 0.15) is 11.6 Å². The Bertz CT molecular complexity index is 780. The fourth-order valence-corrected chi connectivity index (χ4v) is 2.77. The molecule has 0 bridgehead atoms. The normalized spacial score (nSPS) is 11.0. The maximum absolute atomic E-state index is 6.09. The number of hydrogen-bond acceptors (Lipinski definition) is 2. The van der Waals surface area contributed by atoms with Gasteiger partial charge in [-0.25, -0.2) is 4.98 Å². The van der Waals surface area contributed by atoms with Crippen molar-refractivity contribution in [1.29, 1.82) is 0 Å². The minimum atomic E-state index is 0.368. The fraction of sp³-hybridized carbons (Fsp3) is 0.235. The number of rotatable bonds is 4. The monoisotopic (exact) mass is 300 g/mol. The number of para-hydroxylation sites is 1. The lowest BCUT2D eigenvalue weighted by Gasteiger charge is -2.11. The van der Waals surface area contributed by atoms with Crippen LogP contribution < -0.4 is 4.74 Å². The molecular weight excluding hydrogens is 284 g/mol. The van der Waals surface area contributed by atoms with Crippen LogP contribution in [0.1, 0.15) is 18.3 Å². The van der Waals surface area contributed by atoms with Crippen molar-refractivity contribution in [2.45, 2.75) is 19.7 Å². The molecule has 0 spiro atoms. The van der Waals surface area contributed by atoms with Gasteiger partial charge in [-0.15, -0.1) is 11.6 Å². The SMILES string of the molecule is CCOc1cccc(-n2c(CCl)nc3cccc(C)c32)c1. The first kappa shape index (κ1) is 14.0. The summed E-state index contributed by atoms with van der Waals surface area (Å²) in [7, 11) is 0. The van der Waals surface area contributed by atoms with Gasteiger partial charge < -0.3 is 4.74 Å². The molecule has 3 rings (SSSR count). The quantitative estimate of drug-likeness (QED) is 0.665. The number of aryl methyl sites for hydroxylation is 1. The number of hydrogen-bond donors (Lipinski definition) is 0. The van der Waals surface area contributed by atoms with Crippen LogP contribution in [0, 0.1) is 6.92 Å². The van der Waals surface area contributed by atoms with E-state index in [1.807, 2.05) is 43.3 Å². The molecule has 1 aromatic heterocycles. The zero-order valence-corrected chi connectivity index (χ0v) is 12.9. The number of benzene rings is 2. The van der Waals surface area contributed by atoms with Crippen LogP contribution in [-0.4, -0.2) is 16.2 Å². The fourth-order valence-electron chi connectivity index (χ4n) is 2.59. The Balaban J connectivity index is 2.25. The molecule has 2 aromatic carbocycles. The van der Waals surface area contributed by atoms with Gasteiger partial charge in [0.25, 0.3) is 0 Å². The van der Waals surface area contributed by atoms with Crippen LogP contribution in [0.2, 0.25) is 0 Å². The minimum absolute atomic E-state index is 0.368. The number of fused-ring (bicyclic) bond motifs is 1. The van der Waals surface area contributed by atoms with E-state index in [0.29, 0.717) is 12.5 Å². The molecule has 0 saturated heterocycles. The van der Waals surface area contributed by atoms with E-state index in [0.717, 1.165) is 28.3 Å². The molecular formula is C17H17ClN2O. The highest BCUT2D eigenvalue weighted by Crippen LogP contribution is 2.27. The third kappa shape index (κ3) is 2.49. The van der Waals surface area contributed by atoms with Crippen LogP contribution in [0.25, 0.3) is 16.7 Å². The summed E-state index contributed by atoms with van der Waals surface area (Å²) in [6, 6.07) is 14.1. The van der Waals surface area contributed by atoms with Crippen LogP contribution in [0.5, 0.6) is 5.75 Å². The van der Waals surface area contributed by atoms with Gasteiger partial charge in [-0.1, -0.05) is 18.2 Å². The van der Waals surface area contributed by atoms with Crippen molar-refractivity contribution in [2.75, 3.05) is 6.61 Å². The molecule has 0 fully saturated rings. The van der Waals surface area contributed by atoms with Crippen molar-refractivity contribution in [3.05, 3.63) is 53.9 Å². The number of alkyl halides is 1. The molecule has 0 unspecified atom stereocenters. The first-order chi connectivity index (χ1) is 10.2. The minimum Gasteiger partial charge on any atom is -0.494 e. The van der Waals surface area contributed by atoms with Crippen molar-refractivity contribution in [3.8, 4) is 11.4 Å². The number of imidazole rings is 1. The third-order valence-corrected chi connectivity index (χ3v) is 3.69. The smallest absolute Gasteiger partial charge is 0.129 e. The molecule has 0 radical (unpaired) electrons. The van der Waals surface area contributed by atoms with Gasteiger partial charge in [-0.3, -0.25) is 4.57 Å². The molecule has 1 heterocycles. The average Bonchev–Trinajstić information content (AvgIpc) is 2.88. The molecule has 108 valence electrons. The Hall–Kier alpha value is -2.00. The summed E-state index contributed by atoms with van der Waals surface area (Å²) in [4.78, 5) is 4.63. The van der Waals surface area contributed by atoms with E-state index in [1.165, 1.54) is 5.56 Å². The Morgan fingerprint density at radius 3 is 2.76 bits per heavy atom. The maximum Gasteiger partial charge on any atom is 0.129 e. The van der Waals surface area contributed by atoms with E-state index in [4.69, 9.17) is 16.3 Å². The third-order valence-electron chi connectivity index (χ3n) is 3.45. The molecule has 0 aliphatic heterocycles. The highest BCUT2D eigenvalue weighted by atomic mass is 35.5. The predicted molar refractivity (Wildman–Crippen MR) is 86.5 cm³/mol. The van der Waals surface area contributed by atoms with Crippen molar-refractivity contribution < 1.29 is 4.74 Å². The van der Waals surface area contributed by atoms with Crippen molar-refractivity contribution in [2.24, 2.45) is 0 Å². The van der Waals surface area contributed by atoms with Crippen molar-refractivity contribution >= 4 is 22.6 Å². The van der Waals surface area contributed by atoms with Gasteiger partial charge in [-0.2, -0.15) is 0 Å². The lowest BCUT2D eigenvalue weighted by molar-refractivity contribution is 0.340. The second-order valence-corrected chi connectivity index (χ2v) is 5.14. The molecule has 0 amide bonds. The van der Waals surface area contributed by atoms with Crippen LogP contribution >= 0.6 is 11.6 Å². The van der Waals surface area contributed by atoms with E-state index in [9.17, 15) is 0 Å². The van der Waals surface area contributed by atoms with Crippen molar-refractivity contribution in [3.63, 3.8) is 0 Å². The average molecular weight is 301 g/mol. The summed E-state index contributed by atoms with van der Waals surface area (Å²) < 4.78 is 7.70. The summed E-state index contributed by atoms with van der Waals surface area (Å²) in [6.07, 6.45) is 0. The lowest BCUT2D eigenvalue weighted by atomic mass is 10.2. The van der Waals surface area contributed by atoms with E-state index in [1.54, 1.807) is 0 Å². The largest absolute Gasteiger partial charge is 0.494 e. The first-order valence-electron chi connectivity index (χ1n) is 7.00. The molecule has 0 aliphatic rings. The molecule has 0 N–H and O–H groups in total. The summed E-state index contributed by atoms with van der Waals surface area (Å²) in [5.41, 5.74) is 4.26. The van der Waals surface area contributed by atoms with E-state index >= 15 is 0 Å². The Morgan fingerprint density at radius 1 is 1.19 bits per heavy atom. The number of ether oxygens (including phenoxy) is 1. The standard InChI is InChI=1S/C17H17ClN2O/c1-3-21-14-8-5-7-13(10-14)20-16(11-18)19-15-9-4-6-12(2)17(15)20/h4-10H,3,11H2,1-2H3. The van der Waals surface area contributed by atoms with Gasteiger partial charge in [-0.05, 0) is 37.6 Å². The van der Waals surface area contributed by atoms with E-state index < -0.39 is 0 Å². The van der Waals surface area contributed by atoms with Crippen LogP contribution in [0.15, 0.2) is 42.5 Å². The Kier molecular flexibility index (Phi) is 3.84. The first-order valence-corrected chi connectivity index (χ1v) is 7.54. The molecule has 0 aliphatic carbocycles. The second-order valence-electron chi connectivity index (χ2n) is 4.87. The van der Waals surface area contributed by atoms with Crippen molar-refractivity contribution in [1.82, 2.24) is 9.55 Å². The number of aromatic nitrogens is 2. The van der Waals surface area contributed by atoms with Gasteiger partial charge in [0.05, 0.1) is 29.2 Å². The zero-order valence-electron chi connectivity index (χ0n) is 12.1. The lowest BCUT2D eigenvalue weighted by Crippen LogP contribution is -2.01. The Morgan fingerprint density at radius 2 is 2.00 bits per heavy atom. The molecule has 0 saturated carbocycles. The summed E-state index contributed by atoms with van der Waals surface area (Å²) in [5, 5.41) is 0. The van der Waals surface area contributed by atoms with E-state index in [-0.39, 0.29) is 0 Å². The zero-order chi connectivity index (χ0) is 14.8.